The van der Waals surface area contributed by atoms with Crippen LogP contribution in [-0.2, 0) is 19.1 Å². The fraction of sp³-hybridized carbons (Fsp3) is 0.517. The number of benzene rings is 1. The molecule has 3 unspecified atom stereocenters. The van der Waals surface area contributed by atoms with Crippen LogP contribution in [0.15, 0.2) is 36.7 Å². The standard InChI is InChI=1S/C29H36F3N3O4/c1-17(2)11-24(35-10-9-22(13-25(35)36)29(30,31)32)28(38)34-23(14-26(37)39-5)20-12-21(16-33-15-20)27-18(3)7-6-8-19(27)4/h6-8,12,15-17,22-24H,9-11,13-14H2,1-5H3,(H,34,38). The first kappa shape index (κ1) is 30.1. The summed E-state index contributed by atoms with van der Waals surface area (Å²) in [6.07, 6.45) is -2.05. The van der Waals surface area contributed by atoms with E-state index in [1.165, 1.54) is 12.0 Å². The Morgan fingerprint density at radius 2 is 1.85 bits per heavy atom. The van der Waals surface area contributed by atoms with Crippen LogP contribution in [0.25, 0.3) is 11.1 Å². The van der Waals surface area contributed by atoms with Gasteiger partial charge in [0.05, 0.1) is 25.5 Å². The number of ether oxygens (including phenoxy) is 1. The van der Waals surface area contributed by atoms with Crippen molar-refractivity contribution < 1.29 is 32.3 Å². The lowest BCUT2D eigenvalue weighted by Gasteiger charge is -2.38. The molecule has 3 rings (SSSR count). The largest absolute Gasteiger partial charge is 0.469 e. The van der Waals surface area contributed by atoms with Gasteiger partial charge in [0.2, 0.25) is 11.8 Å². The molecule has 0 saturated carbocycles. The van der Waals surface area contributed by atoms with Gasteiger partial charge in [0, 0.05) is 30.9 Å². The number of alkyl halides is 3. The van der Waals surface area contributed by atoms with Crippen molar-refractivity contribution in [1.29, 1.82) is 0 Å². The Labute approximate surface area is 227 Å². The fourth-order valence-electron chi connectivity index (χ4n) is 5.11. The first-order valence-corrected chi connectivity index (χ1v) is 13.1. The zero-order chi connectivity index (χ0) is 28.9. The molecule has 1 saturated heterocycles. The average molecular weight is 548 g/mol. The Bertz CT molecular complexity index is 1180. The molecule has 1 aromatic heterocycles. The van der Waals surface area contributed by atoms with Gasteiger partial charge in [-0.1, -0.05) is 32.0 Å². The number of likely N-dealkylation sites (tertiary alicyclic amines) is 1. The number of rotatable bonds is 9. The van der Waals surface area contributed by atoms with E-state index < -0.39 is 48.4 Å². The third kappa shape index (κ3) is 7.58. The summed E-state index contributed by atoms with van der Waals surface area (Å²) < 4.78 is 44.6. The molecule has 0 aliphatic carbocycles. The Morgan fingerprint density at radius 3 is 2.41 bits per heavy atom. The zero-order valence-corrected chi connectivity index (χ0v) is 23.0. The Kier molecular flexibility index (Phi) is 9.74. The minimum atomic E-state index is -4.46. The molecule has 3 atom stereocenters. The summed E-state index contributed by atoms with van der Waals surface area (Å²) in [7, 11) is 1.25. The average Bonchev–Trinajstić information content (AvgIpc) is 2.86. The van der Waals surface area contributed by atoms with Gasteiger partial charge in [-0.15, -0.1) is 0 Å². The molecule has 39 heavy (non-hydrogen) atoms. The highest BCUT2D eigenvalue weighted by atomic mass is 19.4. The number of pyridine rings is 1. The van der Waals surface area contributed by atoms with E-state index in [4.69, 9.17) is 4.74 Å². The number of amides is 2. The van der Waals surface area contributed by atoms with Crippen LogP contribution in [-0.4, -0.2) is 53.5 Å². The second-order valence-corrected chi connectivity index (χ2v) is 10.6. The van der Waals surface area contributed by atoms with Crippen LogP contribution >= 0.6 is 0 Å². The van der Waals surface area contributed by atoms with E-state index in [0.717, 1.165) is 22.3 Å². The van der Waals surface area contributed by atoms with Gasteiger partial charge in [-0.2, -0.15) is 13.2 Å². The molecule has 0 spiro atoms. The minimum Gasteiger partial charge on any atom is -0.469 e. The lowest BCUT2D eigenvalue weighted by molar-refractivity contribution is -0.191. The molecular formula is C29H36F3N3O4. The van der Waals surface area contributed by atoms with Crippen LogP contribution in [0.2, 0.25) is 0 Å². The third-order valence-corrected chi connectivity index (χ3v) is 7.14. The number of aryl methyl sites for hydroxylation is 2. The highest BCUT2D eigenvalue weighted by Gasteiger charge is 2.46. The molecule has 1 aliphatic rings. The fourth-order valence-corrected chi connectivity index (χ4v) is 5.11. The van der Waals surface area contributed by atoms with Crippen LogP contribution in [0.5, 0.6) is 0 Å². The number of hydrogen-bond donors (Lipinski definition) is 1. The molecule has 212 valence electrons. The van der Waals surface area contributed by atoms with Crippen molar-refractivity contribution in [1.82, 2.24) is 15.2 Å². The lowest BCUT2D eigenvalue weighted by Crippen LogP contribution is -2.54. The topological polar surface area (TPSA) is 88.6 Å². The molecule has 7 nitrogen and oxygen atoms in total. The first-order chi connectivity index (χ1) is 18.3. The van der Waals surface area contributed by atoms with Gasteiger partial charge in [0.15, 0.2) is 0 Å². The number of methoxy groups -OCH3 is 1. The van der Waals surface area contributed by atoms with Crippen molar-refractivity contribution in [2.75, 3.05) is 13.7 Å². The third-order valence-electron chi connectivity index (χ3n) is 7.14. The highest BCUT2D eigenvalue weighted by Crippen LogP contribution is 2.36. The minimum absolute atomic E-state index is 0.0121. The van der Waals surface area contributed by atoms with Crippen molar-refractivity contribution >= 4 is 17.8 Å². The maximum atomic E-state index is 13.6. The van der Waals surface area contributed by atoms with Crippen LogP contribution in [0, 0.1) is 25.7 Å². The van der Waals surface area contributed by atoms with E-state index in [9.17, 15) is 27.6 Å². The summed E-state index contributed by atoms with van der Waals surface area (Å²) in [6.45, 7) is 7.55. The SMILES string of the molecule is COC(=O)CC(NC(=O)C(CC(C)C)N1CCC(C(F)(F)F)CC1=O)c1cncc(-c2c(C)cccc2C)c1. The van der Waals surface area contributed by atoms with E-state index in [0.29, 0.717) is 5.56 Å². The molecular weight excluding hydrogens is 511 g/mol. The molecule has 1 aliphatic heterocycles. The second kappa shape index (κ2) is 12.6. The van der Waals surface area contributed by atoms with E-state index >= 15 is 0 Å². The quantitative estimate of drug-likeness (QED) is 0.431. The smallest absolute Gasteiger partial charge is 0.392 e. The normalized spacial score (nSPS) is 17.6. The van der Waals surface area contributed by atoms with Crippen LogP contribution < -0.4 is 5.32 Å². The lowest BCUT2D eigenvalue weighted by atomic mass is 9.92. The van der Waals surface area contributed by atoms with E-state index in [1.807, 2.05) is 52.0 Å². The van der Waals surface area contributed by atoms with E-state index in [2.05, 4.69) is 10.3 Å². The number of aromatic nitrogens is 1. The molecule has 10 heteroatoms. The molecule has 1 aromatic carbocycles. The van der Waals surface area contributed by atoms with Gasteiger partial charge in [-0.3, -0.25) is 19.4 Å². The first-order valence-electron chi connectivity index (χ1n) is 13.1. The number of halogens is 3. The number of piperidine rings is 1. The van der Waals surface area contributed by atoms with E-state index in [-0.39, 0.29) is 31.7 Å². The van der Waals surface area contributed by atoms with Gasteiger partial charge >= 0.3 is 12.1 Å². The van der Waals surface area contributed by atoms with E-state index in [1.54, 1.807) is 12.4 Å². The predicted molar refractivity (Wildman–Crippen MR) is 140 cm³/mol. The molecule has 2 heterocycles. The number of hydrogen-bond acceptors (Lipinski definition) is 5. The van der Waals surface area contributed by atoms with Crippen molar-refractivity contribution in [3.63, 3.8) is 0 Å². The van der Waals surface area contributed by atoms with Gasteiger partial charge in [-0.05, 0) is 60.9 Å². The maximum absolute atomic E-state index is 13.6. The molecule has 0 bridgehead atoms. The highest BCUT2D eigenvalue weighted by molar-refractivity contribution is 5.89. The number of nitrogens with zero attached hydrogens (tertiary/aromatic N) is 2. The molecule has 2 aromatic rings. The molecule has 2 amide bonds. The Balaban J connectivity index is 1.91. The van der Waals surface area contributed by atoms with Crippen LogP contribution in [0.1, 0.15) is 62.3 Å². The predicted octanol–water partition coefficient (Wildman–Crippen LogP) is 5.30. The summed E-state index contributed by atoms with van der Waals surface area (Å²) in [6, 6.07) is 5.99. The second-order valence-electron chi connectivity index (χ2n) is 10.6. The maximum Gasteiger partial charge on any atom is 0.392 e. The van der Waals surface area contributed by atoms with Crippen molar-refractivity contribution in [2.45, 2.75) is 71.6 Å². The Hall–Kier alpha value is -3.43. The van der Waals surface area contributed by atoms with Gasteiger partial charge in [0.25, 0.3) is 0 Å². The van der Waals surface area contributed by atoms with Crippen molar-refractivity contribution in [2.24, 2.45) is 11.8 Å². The van der Waals surface area contributed by atoms with Crippen LogP contribution in [0.3, 0.4) is 0 Å². The van der Waals surface area contributed by atoms with Gasteiger partial charge < -0.3 is 15.0 Å². The van der Waals surface area contributed by atoms with Crippen LogP contribution in [0.4, 0.5) is 13.2 Å². The zero-order valence-electron chi connectivity index (χ0n) is 23.0. The summed E-state index contributed by atoms with van der Waals surface area (Å²) >= 11 is 0. The monoisotopic (exact) mass is 547 g/mol. The van der Waals surface area contributed by atoms with Gasteiger partial charge in [0.1, 0.15) is 6.04 Å². The van der Waals surface area contributed by atoms with Gasteiger partial charge in [-0.25, -0.2) is 0 Å². The molecule has 1 N–H and O–H groups in total. The number of carbonyl (C=O) groups is 3. The molecule has 0 radical (unpaired) electrons. The van der Waals surface area contributed by atoms with Crippen molar-refractivity contribution in [3.8, 4) is 11.1 Å². The number of nitrogens with one attached hydrogen (secondary N) is 1. The number of carbonyl (C=O) groups excluding carboxylic acids is 3. The Morgan fingerprint density at radius 1 is 1.18 bits per heavy atom. The van der Waals surface area contributed by atoms with Crippen molar-refractivity contribution in [3.05, 3.63) is 53.3 Å². The summed E-state index contributed by atoms with van der Waals surface area (Å²) in [4.78, 5) is 44.3. The molecule has 1 fully saturated rings. The summed E-state index contributed by atoms with van der Waals surface area (Å²) in [5, 5.41) is 2.88. The summed E-state index contributed by atoms with van der Waals surface area (Å²) in [5.74, 6) is -3.52. The summed E-state index contributed by atoms with van der Waals surface area (Å²) in [5.41, 5.74) is 4.46. The number of esters is 1.